The van der Waals surface area contributed by atoms with E-state index in [0.29, 0.717) is 47.2 Å². The Morgan fingerprint density at radius 2 is 1.93 bits per heavy atom. The molecular weight excluding hydrogens is 386 g/mol. The van der Waals surface area contributed by atoms with Gasteiger partial charge in [0.25, 0.3) is 5.56 Å². The zero-order valence-electron chi connectivity index (χ0n) is 17.3. The van der Waals surface area contributed by atoms with Crippen molar-refractivity contribution >= 4 is 0 Å². The highest BCUT2D eigenvalue weighted by Gasteiger charge is 2.40. The van der Waals surface area contributed by atoms with Crippen LogP contribution in [-0.4, -0.2) is 45.6 Å². The van der Waals surface area contributed by atoms with Crippen LogP contribution in [0.1, 0.15) is 23.9 Å². The van der Waals surface area contributed by atoms with Crippen LogP contribution in [0.2, 0.25) is 0 Å². The molecule has 0 unspecified atom stereocenters. The second-order valence-electron chi connectivity index (χ2n) is 7.20. The Balaban J connectivity index is 1.54. The molecule has 1 fully saturated rings. The van der Waals surface area contributed by atoms with E-state index in [-0.39, 0.29) is 5.56 Å². The maximum absolute atomic E-state index is 12.1. The summed E-state index contributed by atoms with van der Waals surface area (Å²) < 4.78 is 17.8. The minimum absolute atomic E-state index is 0.259. The highest BCUT2D eigenvalue weighted by molar-refractivity contribution is 5.71. The van der Waals surface area contributed by atoms with Crippen LogP contribution in [0.3, 0.4) is 0 Å². The van der Waals surface area contributed by atoms with Gasteiger partial charge >= 0.3 is 0 Å². The van der Waals surface area contributed by atoms with Crippen LogP contribution >= 0.6 is 0 Å². The third kappa shape index (κ3) is 3.96. The van der Waals surface area contributed by atoms with E-state index in [1.54, 1.807) is 33.5 Å². The van der Waals surface area contributed by atoms with Crippen molar-refractivity contribution in [2.45, 2.75) is 19.3 Å². The SMILES string of the molecule is COc1ccc([C@H]2C[C@@H]2COc2nc(C)ncc2-c2cc(=O)n(C)nc2OC)nc1. The summed E-state index contributed by atoms with van der Waals surface area (Å²) in [5, 5.41) is 4.16. The molecule has 0 spiro atoms. The summed E-state index contributed by atoms with van der Waals surface area (Å²) in [5.41, 5.74) is 1.84. The molecule has 1 aliphatic rings. The molecule has 1 aliphatic carbocycles. The number of hydrogen-bond acceptors (Lipinski definition) is 8. The van der Waals surface area contributed by atoms with Crippen LogP contribution in [0.4, 0.5) is 0 Å². The number of ether oxygens (including phenoxy) is 3. The first kappa shape index (κ1) is 19.8. The lowest BCUT2D eigenvalue weighted by Gasteiger charge is -2.13. The third-order valence-corrected chi connectivity index (χ3v) is 5.15. The zero-order valence-corrected chi connectivity index (χ0v) is 17.3. The number of rotatable bonds is 7. The zero-order chi connectivity index (χ0) is 21.3. The molecule has 3 aromatic heterocycles. The van der Waals surface area contributed by atoms with E-state index in [4.69, 9.17) is 14.2 Å². The van der Waals surface area contributed by atoms with Crippen molar-refractivity contribution in [2.75, 3.05) is 20.8 Å². The topological polar surface area (TPSA) is 101 Å². The molecule has 3 aromatic rings. The fourth-order valence-electron chi connectivity index (χ4n) is 3.32. The average Bonchev–Trinajstić information content (AvgIpc) is 3.54. The van der Waals surface area contributed by atoms with Crippen LogP contribution in [0, 0.1) is 12.8 Å². The largest absolute Gasteiger partial charge is 0.495 e. The normalized spacial score (nSPS) is 17.5. The van der Waals surface area contributed by atoms with Gasteiger partial charge in [-0.1, -0.05) is 0 Å². The molecule has 1 saturated carbocycles. The summed E-state index contributed by atoms with van der Waals surface area (Å²) >= 11 is 0. The van der Waals surface area contributed by atoms with Crippen LogP contribution < -0.4 is 19.8 Å². The summed E-state index contributed by atoms with van der Waals surface area (Å²) in [6, 6.07) is 5.35. The maximum atomic E-state index is 12.1. The summed E-state index contributed by atoms with van der Waals surface area (Å²) in [6.07, 6.45) is 4.36. The van der Waals surface area contributed by atoms with E-state index in [1.807, 2.05) is 12.1 Å². The lowest BCUT2D eigenvalue weighted by atomic mass is 10.1. The molecule has 9 nitrogen and oxygen atoms in total. The van der Waals surface area contributed by atoms with Gasteiger partial charge in [-0.15, -0.1) is 5.10 Å². The van der Waals surface area contributed by atoms with Gasteiger partial charge in [-0.2, -0.15) is 4.98 Å². The van der Waals surface area contributed by atoms with Crippen molar-refractivity contribution in [1.29, 1.82) is 0 Å². The number of methoxy groups -OCH3 is 2. The van der Waals surface area contributed by atoms with E-state index in [1.165, 1.54) is 17.9 Å². The van der Waals surface area contributed by atoms with Crippen LogP contribution in [0.15, 0.2) is 35.4 Å². The highest BCUT2D eigenvalue weighted by Crippen LogP contribution is 2.47. The monoisotopic (exact) mass is 409 g/mol. The first-order valence-corrected chi connectivity index (χ1v) is 9.59. The van der Waals surface area contributed by atoms with Crippen molar-refractivity contribution in [3.8, 4) is 28.6 Å². The quantitative estimate of drug-likeness (QED) is 0.585. The van der Waals surface area contributed by atoms with Crippen molar-refractivity contribution in [1.82, 2.24) is 24.7 Å². The van der Waals surface area contributed by atoms with Gasteiger partial charge in [0.15, 0.2) is 0 Å². The van der Waals surface area contributed by atoms with E-state index in [2.05, 4.69) is 20.1 Å². The lowest BCUT2D eigenvalue weighted by molar-refractivity contribution is 0.285. The second-order valence-corrected chi connectivity index (χ2v) is 7.20. The predicted octanol–water partition coefficient (Wildman–Crippen LogP) is 2.14. The van der Waals surface area contributed by atoms with E-state index >= 15 is 0 Å². The minimum atomic E-state index is -0.259. The number of pyridine rings is 1. The molecular formula is C21H23N5O4. The van der Waals surface area contributed by atoms with Crippen LogP contribution in [0.5, 0.6) is 17.5 Å². The first-order valence-electron chi connectivity index (χ1n) is 9.59. The molecule has 2 atom stereocenters. The predicted molar refractivity (Wildman–Crippen MR) is 109 cm³/mol. The maximum Gasteiger partial charge on any atom is 0.267 e. The van der Waals surface area contributed by atoms with Crippen LogP contribution in [-0.2, 0) is 7.05 Å². The van der Waals surface area contributed by atoms with E-state index in [0.717, 1.165) is 17.9 Å². The Labute approximate surface area is 173 Å². The average molecular weight is 409 g/mol. The molecule has 0 aliphatic heterocycles. The molecule has 30 heavy (non-hydrogen) atoms. The molecule has 0 aromatic carbocycles. The molecule has 0 bridgehead atoms. The number of hydrogen-bond donors (Lipinski definition) is 0. The Kier molecular flexibility index (Phi) is 5.35. The molecule has 0 N–H and O–H groups in total. The Morgan fingerprint density at radius 1 is 1.10 bits per heavy atom. The second kappa shape index (κ2) is 8.10. The first-order chi connectivity index (χ1) is 14.5. The smallest absolute Gasteiger partial charge is 0.267 e. The number of aryl methyl sites for hydroxylation is 2. The minimum Gasteiger partial charge on any atom is -0.495 e. The molecule has 0 saturated heterocycles. The molecule has 3 heterocycles. The highest BCUT2D eigenvalue weighted by atomic mass is 16.5. The van der Waals surface area contributed by atoms with Crippen molar-refractivity contribution in [2.24, 2.45) is 13.0 Å². The van der Waals surface area contributed by atoms with Gasteiger partial charge in [-0.25, -0.2) is 9.67 Å². The molecule has 156 valence electrons. The van der Waals surface area contributed by atoms with Gasteiger partial charge in [-0.05, 0) is 25.5 Å². The summed E-state index contributed by atoms with van der Waals surface area (Å²) in [5.74, 6) is 2.73. The summed E-state index contributed by atoms with van der Waals surface area (Å²) in [7, 11) is 4.69. The van der Waals surface area contributed by atoms with Gasteiger partial charge in [0.05, 0.1) is 38.2 Å². The number of nitrogens with zero attached hydrogens (tertiary/aromatic N) is 5. The fourth-order valence-corrected chi connectivity index (χ4v) is 3.32. The Hall–Kier alpha value is -3.49. The molecule has 4 rings (SSSR count). The van der Waals surface area contributed by atoms with Gasteiger partial charge in [0.2, 0.25) is 11.8 Å². The van der Waals surface area contributed by atoms with E-state index in [9.17, 15) is 4.79 Å². The summed E-state index contributed by atoms with van der Waals surface area (Å²) in [4.78, 5) is 25.3. The van der Waals surface area contributed by atoms with Gasteiger partial charge < -0.3 is 14.2 Å². The van der Waals surface area contributed by atoms with Gasteiger partial charge in [-0.3, -0.25) is 9.78 Å². The standard InChI is InChI=1S/C21H23N5O4/c1-12-22-10-17(16-8-19(27)26(2)25-21(16)29-4)20(24-12)30-11-13-7-15(13)18-6-5-14(28-3)9-23-18/h5-6,8-10,13,15H,7,11H2,1-4H3/t13-,15+/m1/s1. The molecule has 9 heteroatoms. The van der Waals surface area contributed by atoms with E-state index < -0.39 is 0 Å². The fraction of sp³-hybridized carbons (Fsp3) is 0.381. The van der Waals surface area contributed by atoms with Crippen LogP contribution in [0.25, 0.3) is 11.1 Å². The van der Waals surface area contributed by atoms with Gasteiger partial charge in [0.1, 0.15) is 11.6 Å². The third-order valence-electron chi connectivity index (χ3n) is 5.15. The van der Waals surface area contributed by atoms with Gasteiger partial charge in [0, 0.05) is 36.8 Å². The van der Waals surface area contributed by atoms with Crippen molar-refractivity contribution < 1.29 is 14.2 Å². The lowest BCUT2D eigenvalue weighted by Crippen LogP contribution is -2.19. The van der Waals surface area contributed by atoms with Crippen molar-refractivity contribution in [3.63, 3.8) is 0 Å². The van der Waals surface area contributed by atoms with Crippen molar-refractivity contribution in [3.05, 3.63) is 52.5 Å². The molecule has 0 radical (unpaired) electrons. The Morgan fingerprint density at radius 3 is 2.63 bits per heavy atom. The summed E-state index contributed by atoms with van der Waals surface area (Å²) in [6.45, 7) is 2.28. The Bertz CT molecular complexity index is 1110. The number of aromatic nitrogens is 5. The molecule has 0 amide bonds.